The zero-order valence-electron chi connectivity index (χ0n) is 18.0. The summed E-state index contributed by atoms with van der Waals surface area (Å²) in [4.78, 5) is 19.2. The predicted molar refractivity (Wildman–Crippen MR) is 122 cm³/mol. The standard InChI is InChI=1S/C24H24F3N5O/c1-13-9-14(28)12-32(11-13)20-7-8-30-10-19(20)31-24(33)22-18(29)6-5-15(23(22)27)21-16(25)3-2-4-17(21)26/h2-8,10,13-14H,9,11-12,28-29H2,1H3,(H,31,33)/t13-,14+/m1/s1. The molecule has 1 aliphatic rings. The van der Waals surface area contributed by atoms with Gasteiger partial charge in [-0.25, -0.2) is 13.2 Å². The SMILES string of the molecule is C[C@@H]1C[C@H](N)CN(c2ccncc2NC(=O)c2c(N)ccc(-c3c(F)cccc3F)c2F)C1. The highest BCUT2D eigenvalue weighted by atomic mass is 19.1. The van der Waals surface area contributed by atoms with Crippen LogP contribution in [0, 0.1) is 23.4 Å². The summed E-state index contributed by atoms with van der Waals surface area (Å²) in [6.07, 6.45) is 3.93. The predicted octanol–water partition coefficient (Wildman–Crippen LogP) is 4.17. The molecule has 0 radical (unpaired) electrons. The van der Waals surface area contributed by atoms with Crippen LogP contribution in [0.5, 0.6) is 0 Å². The van der Waals surface area contributed by atoms with Gasteiger partial charge >= 0.3 is 0 Å². The summed E-state index contributed by atoms with van der Waals surface area (Å²) in [6, 6.07) is 7.31. The molecule has 3 aromatic rings. The summed E-state index contributed by atoms with van der Waals surface area (Å²) >= 11 is 0. The van der Waals surface area contributed by atoms with Crippen LogP contribution in [0.2, 0.25) is 0 Å². The zero-order chi connectivity index (χ0) is 23.7. The fourth-order valence-corrected chi connectivity index (χ4v) is 4.31. The summed E-state index contributed by atoms with van der Waals surface area (Å²) in [5, 5.41) is 2.65. The number of carbonyl (C=O) groups excluding carboxylic acids is 1. The first-order valence-corrected chi connectivity index (χ1v) is 10.5. The number of hydrogen-bond acceptors (Lipinski definition) is 5. The first-order chi connectivity index (χ1) is 15.8. The first kappa shape index (κ1) is 22.6. The van der Waals surface area contributed by atoms with Gasteiger partial charge in [0, 0.05) is 36.6 Å². The van der Waals surface area contributed by atoms with Crippen LogP contribution in [0.3, 0.4) is 0 Å². The first-order valence-electron chi connectivity index (χ1n) is 10.5. The normalized spacial score (nSPS) is 18.3. The molecule has 0 aliphatic carbocycles. The van der Waals surface area contributed by atoms with Crippen molar-refractivity contribution >= 4 is 23.0 Å². The van der Waals surface area contributed by atoms with Gasteiger partial charge in [-0.1, -0.05) is 13.0 Å². The molecule has 5 N–H and O–H groups in total. The molecular weight excluding hydrogens is 431 g/mol. The van der Waals surface area contributed by atoms with E-state index in [4.69, 9.17) is 11.5 Å². The zero-order valence-corrected chi connectivity index (χ0v) is 18.0. The number of aromatic nitrogens is 1. The second-order valence-corrected chi connectivity index (χ2v) is 8.34. The maximum atomic E-state index is 15.4. The third-order valence-electron chi connectivity index (χ3n) is 5.71. The Balaban J connectivity index is 1.70. The van der Waals surface area contributed by atoms with E-state index in [1.165, 1.54) is 18.3 Å². The van der Waals surface area contributed by atoms with Crippen LogP contribution in [0.4, 0.5) is 30.2 Å². The summed E-state index contributed by atoms with van der Waals surface area (Å²) < 4.78 is 43.9. The highest BCUT2D eigenvalue weighted by Crippen LogP contribution is 2.34. The lowest BCUT2D eigenvalue weighted by Gasteiger charge is -2.37. The molecule has 0 spiro atoms. The number of rotatable bonds is 4. The molecule has 1 aromatic heterocycles. The maximum absolute atomic E-state index is 15.4. The second kappa shape index (κ2) is 9.11. The van der Waals surface area contributed by atoms with Crippen molar-refractivity contribution in [2.45, 2.75) is 19.4 Å². The van der Waals surface area contributed by atoms with Gasteiger partial charge in [-0.05, 0) is 42.7 Å². The van der Waals surface area contributed by atoms with Crippen LogP contribution >= 0.6 is 0 Å². The van der Waals surface area contributed by atoms with Gasteiger partial charge in [0.1, 0.15) is 17.5 Å². The Morgan fingerprint density at radius 2 is 1.85 bits per heavy atom. The number of nitrogens with zero attached hydrogens (tertiary/aromatic N) is 2. The molecule has 1 saturated heterocycles. The average Bonchev–Trinajstić information content (AvgIpc) is 2.75. The third-order valence-corrected chi connectivity index (χ3v) is 5.71. The maximum Gasteiger partial charge on any atom is 0.260 e. The lowest BCUT2D eigenvalue weighted by molar-refractivity contribution is 0.102. The van der Waals surface area contributed by atoms with Gasteiger partial charge in [0.15, 0.2) is 0 Å². The Morgan fingerprint density at radius 1 is 1.12 bits per heavy atom. The molecular formula is C24H24F3N5O. The Labute approximate surface area is 189 Å². The number of carbonyl (C=O) groups is 1. The number of anilines is 3. The van der Waals surface area contributed by atoms with Crippen molar-refractivity contribution in [1.82, 2.24) is 4.98 Å². The largest absolute Gasteiger partial charge is 0.398 e. The topological polar surface area (TPSA) is 97.3 Å². The van der Waals surface area contributed by atoms with Gasteiger partial charge in [-0.3, -0.25) is 9.78 Å². The number of benzene rings is 2. The van der Waals surface area contributed by atoms with Crippen LogP contribution in [0.15, 0.2) is 48.8 Å². The smallest absolute Gasteiger partial charge is 0.260 e. The average molecular weight is 455 g/mol. The van der Waals surface area contributed by atoms with Crippen LogP contribution < -0.4 is 21.7 Å². The molecule has 0 bridgehead atoms. The monoisotopic (exact) mass is 455 g/mol. The van der Waals surface area contributed by atoms with E-state index in [2.05, 4.69) is 17.2 Å². The van der Waals surface area contributed by atoms with Gasteiger partial charge in [0.05, 0.1) is 28.7 Å². The summed E-state index contributed by atoms with van der Waals surface area (Å²) in [5.41, 5.74) is 11.5. The molecule has 4 rings (SSSR count). The van der Waals surface area contributed by atoms with E-state index in [1.807, 2.05) is 4.90 Å². The molecule has 1 fully saturated rings. The molecule has 9 heteroatoms. The Hall–Kier alpha value is -3.59. The molecule has 6 nitrogen and oxygen atoms in total. The molecule has 172 valence electrons. The number of nitrogen functional groups attached to an aromatic ring is 1. The highest BCUT2D eigenvalue weighted by Gasteiger charge is 2.27. The fourth-order valence-electron chi connectivity index (χ4n) is 4.31. The van der Waals surface area contributed by atoms with Crippen molar-refractivity contribution in [3.8, 4) is 11.1 Å². The van der Waals surface area contributed by atoms with Crippen LogP contribution in [0.25, 0.3) is 11.1 Å². The van der Waals surface area contributed by atoms with E-state index in [0.717, 1.165) is 31.2 Å². The van der Waals surface area contributed by atoms with Crippen molar-refractivity contribution in [2.75, 3.05) is 29.0 Å². The number of hydrogen-bond donors (Lipinski definition) is 3. The number of amides is 1. The van der Waals surface area contributed by atoms with Crippen molar-refractivity contribution in [2.24, 2.45) is 11.7 Å². The minimum absolute atomic E-state index is 0.0223. The van der Waals surface area contributed by atoms with E-state index in [1.54, 1.807) is 12.3 Å². The van der Waals surface area contributed by atoms with Crippen LogP contribution in [0.1, 0.15) is 23.7 Å². The molecule has 2 atom stereocenters. The quantitative estimate of drug-likeness (QED) is 0.513. The van der Waals surface area contributed by atoms with Gasteiger partial charge in [0.25, 0.3) is 5.91 Å². The van der Waals surface area contributed by atoms with Crippen molar-refractivity contribution in [3.05, 3.63) is 71.8 Å². The minimum Gasteiger partial charge on any atom is -0.398 e. The summed E-state index contributed by atoms with van der Waals surface area (Å²) in [7, 11) is 0. The van der Waals surface area contributed by atoms with Gasteiger partial charge in [0.2, 0.25) is 0 Å². The fraction of sp³-hybridized carbons (Fsp3) is 0.250. The molecule has 33 heavy (non-hydrogen) atoms. The van der Waals surface area contributed by atoms with E-state index >= 15 is 4.39 Å². The Bertz CT molecular complexity index is 1170. The highest BCUT2D eigenvalue weighted by molar-refractivity contribution is 6.10. The van der Waals surface area contributed by atoms with Gasteiger partial charge in [-0.15, -0.1) is 0 Å². The van der Waals surface area contributed by atoms with Crippen molar-refractivity contribution in [3.63, 3.8) is 0 Å². The second-order valence-electron chi connectivity index (χ2n) is 8.34. The number of piperidine rings is 1. The number of pyridine rings is 1. The van der Waals surface area contributed by atoms with E-state index in [0.29, 0.717) is 23.8 Å². The molecule has 2 aromatic carbocycles. The summed E-state index contributed by atoms with van der Waals surface area (Å²) in [5.74, 6) is -3.51. The van der Waals surface area contributed by atoms with E-state index in [-0.39, 0.29) is 11.7 Å². The van der Waals surface area contributed by atoms with E-state index in [9.17, 15) is 13.6 Å². The van der Waals surface area contributed by atoms with E-state index < -0.39 is 40.0 Å². The van der Waals surface area contributed by atoms with Gasteiger partial charge in [-0.2, -0.15) is 0 Å². The molecule has 0 saturated carbocycles. The number of halogens is 3. The van der Waals surface area contributed by atoms with Gasteiger partial charge < -0.3 is 21.7 Å². The number of nitrogens with two attached hydrogens (primary N) is 2. The molecule has 1 aliphatic heterocycles. The van der Waals surface area contributed by atoms with Crippen LogP contribution in [-0.2, 0) is 0 Å². The Kier molecular flexibility index (Phi) is 6.24. The van der Waals surface area contributed by atoms with Crippen LogP contribution in [-0.4, -0.2) is 30.0 Å². The van der Waals surface area contributed by atoms with Crippen molar-refractivity contribution < 1.29 is 18.0 Å². The third kappa shape index (κ3) is 4.49. The molecule has 0 unspecified atom stereocenters. The lowest BCUT2D eigenvalue weighted by Crippen LogP contribution is -2.46. The minimum atomic E-state index is -1.12. The van der Waals surface area contributed by atoms with Crippen molar-refractivity contribution in [1.29, 1.82) is 0 Å². The lowest BCUT2D eigenvalue weighted by atomic mass is 9.96. The number of nitrogens with one attached hydrogen (secondary N) is 1. The Morgan fingerprint density at radius 3 is 2.55 bits per heavy atom. The molecule has 2 heterocycles. The summed E-state index contributed by atoms with van der Waals surface area (Å²) in [6.45, 7) is 3.42. The molecule has 1 amide bonds.